The quantitative estimate of drug-likeness (QED) is 0.800. The normalized spacial score (nSPS) is 19.3. The molecule has 0 saturated carbocycles. The lowest BCUT2D eigenvalue weighted by Gasteiger charge is -2.37. The lowest BCUT2D eigenvalue weighted by Crippen LogP contribution is -2.49. The lowest BCUT2D eigenvalue weighted by atomic mass is 9.84. The molecule has 7 heteroatoms. The summed E-state index contributed by atoms with van der Waals surface area (Å²) in [6.07, 6.45) is 3.11. The first-order valence-corrected chi connectivity index (χ1v) is 9.50. The van der Waals surface area contributed by atoms with Crippen LogP contribution in [0.5, 0.6) is 0 Å². The number of nitrogens with zero attached hydrogens (tertiary/aromatic N) is 2. The van der Waals surface area contributed by atoms with E-state index >= 15 is 0 Å². The minimum absolute atomic E-state index is 0. The minimum atomic E-state index is 0. The summed E-state index contributed by atoms with van der Waals surface area (Å²) >= 11 is 5.95. The first-order chi connectivity index (χ1) is 11.6. The Hall–Kier alpha value is -0.680. The fourth-order valence-electron chi connectivity index (χ4n) is 3.85. The number of rotatable bonds is 4. The standard InChI is InChI=1S/C19H28ClN3O.2ClH/c1-15(16-6-8-21-9-7-16)14-19(24)23-12-10-22(11-13-23)18-4-2-17(20)3-5-18;;/h2-5,15-16,21H,6-14H2,1H3;2*1H. The smallest absolute Gasteiger partial charge is 0.222 e. The summed E-state index contributed by atoms with van der Waals surface area (Å²) in [4.78, 5) is 17.0. The van der Waals surface area contributed by atoms with Gasteiger partial charge in [0.2, 0.25) is 5.91 Å². The SMILES string of the molecule is CC(CC(=O)N1CCN(c2ccc(Cl)cc2)CC1)C1CCNCC1.Cl.Cl. The molecule has 1 N–H and O–H groups in total. The number of piperazine rings is 1. The Labute approximate surface area is 174 Å². The Bertz CT molecular complexity index is 541. The van der Waals surface area contributed by atoms with Gasteiger partial charge in [-0.15, -0.1) is 24.8 Å². The van der Waals surface area contributed by atoms with Gasteiger partial charge in [-0.2, -0.15) is 0 Å². The van der Waals surface area contributed by atoms with Gasteiger partial charge in [0.15, 0.2) is 0 Å². The highest BCUT2D eigenvalue weighted by Crippen LogP contribution is 2.25. The van der Waals surface area contributed by atoms with Crippen LogP contribution in [0, 0.1) is 11.8 Å². The maximum Gasteiger partial charge on any atom is 0.222 e. The highest BCUT2D eigenvalue weighted by molar-refractivity contribution is 6.30. The van der Waals surface area contributed by atoms with Gasteiger partial charge in [0.05, 0.1) is 0 Å². The van der Waals surface area contributed by atoms with Crippen LogP contribution in [0.2, 0.25) is 5.02 Å². The molecule has 1 aromatic carbocycles. The average Bonchev–Trinajstić information content (AvgIpc) is 2.63. The molecule has 1 unspecified atom stereocenters. The van der Waals surface area contributed by atoms with Crippen LogP contribution in [0.3, 0.4) is 0 Å². The summed E-state index contributed by atoms with van der Waals surface area (Å²) in [7, 11) is 0. The highest BCUT2D eigenvalue weighted by atomic mass is 35.5. The van der Waals surface area contributed by atoms with Gasteiger partial charge >= 0.3 is 0 Å². The molecule has 1 atom stereocenters. The molecule has 0 bridgehead atoms. The van der Waals surface area contributed by atoms with Crippen molar-refractivity contribution in [1.82, 2.24) is 10.2 Å². The zero-order valence-corrected chi connectivity index (χ0v) is 17.7. The maximum atomic E-state index is 12.6. The van der Waals surface area contributed by atoms with Gasteiger partial charge in [0, 0.05) is 43.3 Å². The fourth-order valence-corrected chi connectivity index (χ4v) is 3.98. The number of hydrogen-bond acceptors (Lipinski definition) is 3. The number of nitrogens with one attached hydrogen (secondary N) is 1. The Morgan fingerprint density at radius 3 is 2.27 bits per heavy atom. The maximum absolute atomic E-state index is 12.6. The first kappa shape index (κ1) is 23.4. The summed E-state index contributed by atoms with van der Waals surface area (Å²) in [6, 6.07) is 7.96. The van der Waals surface area contributed by atoms with Crippen molar-refractivity contribution in [3.63, 3.8) is 0 Å². The molecule has 0 aliphatic carbocycles. The molecule has 1 aromatic rings. The molecule has 148 valence electrons. The minimum Gasteiger partial charge on any atom is -0.368 e. The van der Waals surface area contributed by atoms with Crippen LogP contribution < -0.4 is 10.2 Å². The molecule has 2 aliphatic rings. The van der Waals surface area contributed by atoms with Gasteiger partial charge in [-0.3, -0.25) is 4.79 Å². The largest absolute Gasteiger partial charge is 0.368 e. The van der Waals surface area contributed by atoms with Gasteiger partial charge in [-0.1, -0.05) is 18.5 Å². The van der Waals surface area contributed by atoms with Crippen molar-refractivity contribution in [2.24, 2.45) is 11.8 Å². The number of amides is 1. The first-order valence-electron chi connectivity index (χ1n) is 9.12. The number of hydrogen-bond donors (Lipinski definition) is 1. The van der Waals surface area contributed by atoms with E-state index in [9.17, 15) is 4.79 Å². The van der Waals surface area contributed by atoms with E-state index in [0.717, 1.165) is 44.3 Å². The third-order valence-electron chi connectivity index (χ3n) is 5.51. The molecular formula is C19H30Cl3N3O. The van der Waals surface area contributed by atoms with Gasteiger partial charge in [0.1, 0.15) is 0 Å². The van der Waals surface area contributed by atoms with E-state index in [0.29, 0.717) is 24.2 Å². The van der Waals surface area contributed by atoms with Crippen molar-refractivity contribution in [2.45, 2.75) is 26.2 Å². The van der Waals surface area contributed by atoms with Crippen LogP contribution in [0.15, 0.2) is 24.3 Å². The molecule has 26 heavy (non-hydrogen) atoms. The number of halogens is 3. The van der Waals surface area contributed by atoms with Crippen molar-refractivity contribution in [3.05, 3.63) is 29.3 Å². The summed E-state index contributed by atoms with van der Waals surface area (Å²) in [6.45, 7) is 7.88. The van der Waals surface area contributed by atoms with Crippen LogP contribution in [0.1, 0.15) is 26.2 Å². The summed E-state index contributed by atoms with van der Waals surface area (Å²) in [5.41, 5.74) is 1.19. The average molecular weight is 423 g/mol. The van der Waals surface area contributed by atoms with E-state index < -0.39 is 0 Å². The van der Waals surface area contributed by atoms with Crippen molar-refractivity contribution in [2.75, 3.05) is 44.2 Å². The molecule has 2 fully saturated rings. The van der Waals surface area contributed by atoms with Crippen LogP contribution in [0.4, 0.5) is 5.69 Å². The van der Waals surface area contributed by atoms with E-state index in [2.05, 4.69) is 29.3 Å². The zero-order valence-electron chi connectivity index (χ0n) is 15.3. The van der Waals surface area contributed by atoms with Crippen LogP contribution in [-0.2, 0) is 4.79 Å². The second-order valence-electron chi connectivity index (χ2n) is 7.11. The van der Waals surface area contributed by atoms with Gasteiger partial charge < -0.3 is 15.1 Å². The van der Waals surface area contributed by atoms with E-state index in [-0.39, 0.29) is 24.8 Å². The number of anilines is 1. The molecule has 1 amide bonds. The predicted octanol–water partition coefficient (Wildman–Crippen LogP) is 3.86. The molecule has 2 saturated heterocycles. The molecular weight excluding hydrogens is 393 g/mol. The third-order valence-corrected chi connectivity index (χ3v) is 5.76. The van der Waals surface area contributed by atoms with E-state index in [4.69, 9.17) is 11.6 Å². The van der Waals surface area contributed by atoms with Crippen LogP contribution >= 0.6 is 36.4 Å². The van der Waals surface area contributed by atoms with Crippen molar-refractivity contribution in [1.29, 1.82) is 0 Å². The van der Waals surface area contributed by atoms with Gasteiger partial charge in [-0.05, 0) is 62.0 Å². The Kier molecular flexibility index (Phi) is 10.1. The molecule has 2 heterocycles. The Morgan fingerprint density at radius 1 is 1.12 bits per heavy atom. The third kappa shape index (κ3) is 6.19. The zero-order chi connectivity index (χ0) is 16.9. The number of carbonyl (C=O) groups excluding carboxylic acids is 1. The van der Waals surface area contributed by atoms with Gasteiger partial charge in [0.25, 0.3) is 0 Å². The molecule has 4 nitrogen and oxygen atoms in total. The van der Waals surface area contributed by atoms with Gasteiger partial charge in [-0.25, -0.2) is 0 Å². The predicted molar refractivity (Wildman–Crippen MR) is 114 cm³/mol. The number of benzene rings is 1. The van der Waals surface area contributed by atoms with E-state index in [1.807, 2.05) is 17.0 Å². The molecule has 2 aliphatic heterocycles. The second kappa shape index (κ2) is 11.2. The lowest BCUT2D eigenvalue weighted by molar-refractivity contribution is -0.132. The molecule has 3 rings (SSSR count). The van der Waals surface area contributed by atoms with Crippen molar-refractivity contribution < 1.29 is 4.79 Å². The molecule has 0 aromatic heterocycles. The fraction of sp³-hybridized carbons (Fsp3) is 0.632. The van der Waals surface area contributed by atoms with Crippen molar-refractivity contribution >= 4 is 48.0 Å². The Balaban J connectivity index is 0.00000169. The van der Waals surface area contributed by atoms with E-state index in [1.165, 1.54) is 18.5 Å². The summed E-state index contributed by atoms with van der Waals surface area (Å²) in [5, 5.41) is 4.16. The summed E-state index contributed by atoms with van der Waals surface area (Å²) < 4.78 is 0. The van der Waals surface area contributed by atoms with Crippen molar-refractivity contribution in [3.8, 4) is 0 Å². The number of piperidine rings is 1. The van der Waals surface area contributed by atoms with E-state index in [1.54, 1.807) is 0 Å². The number of carbonyl (C=O) groups is 1. The molecule has 0 spiro atoms. The Morgan fingerprint density at radius 2 is 1.69 bits per heavy atom. The monoisotopic (exact) mass is 421 g/mol. The molecule has 0 radical (unpaired) electrons. The topological polar surface area (TPSA) is 35.6 Å². The van der Waals surface area contributed by atoms with Crippen LogP contribution in [-0.4, -0.2) is 50.1 Å². The highest BCUT2D eigenvalue weighted by Gasteiger charge is 2.26. The summed E-state index contributed by atoms with van der Waals surface area (Å²) in [5.74, 6) is 1.52. The second-order valence-corrected chi connectivity index (χ2v) is 7.55. The van der Waals surface area contributed by atoms with Crippen LogP contribution in [0.25, 0.3) is 0 Å².